The first kappa shape index (κ1) is 22.0. The molecule has 1 aromatic heterocycles. The molecule has 4 aromatic carbocycles. The van der Waals surface area contributed by atoms with Crippen molar-refractivity contribution in [2.24, 2.45) is 0 Å². The van der Waals surface area contributed by atoms with Crippen LogP contribution in [0.2, 0.25) is 10.0 Å². The molecule has 5 nitrogen and oxygen atoms in total. The number of carbonyl (C=O) groups excluding carboxylic acids is 1. The van der Waals surface area contributed by atoms with Crippen LogP contribution in [0.1, 0.15) is 5.56 Å². The van der Waals surface area contributed by atoms with Gasteiger partial charge in [0.1, 0.15) is 11.3 Å². The van der Waals surface area contributed by atoms with Crippen molar-refractivity contribution in [3.63, 3.8) is 0 Å². The van der Waals surface area contributed by atoms with Crippen LogP contribution in [0.4, 0.5) is 5.69 Å². The van der Waals surface area contributed by atoms with Crippen molar-refractivity contribution in [3.05, 3.63) is 94.5 Å². The van der Waals surface area contributed by atoms with Crippen molar-refractivity contribution < 1.29 is 13.9 Å². The molecular weight excluding hydrogens is 471 g/mol. The van der Waals surface area contributed by atoms with E-state index in [9.17, 15) is 4.79 Å². The summed E-state index contributed by atoms with van der Waals surface area (Å²) in [5.41, 5.74) is 3.36. The van der Waals surface area contributed by atoms with Crippen LogP contribution in [-0.4, -0.2) is 18.0 Å². The minimum Gasteiger partial charge on any atom is -0.495 e. The minimum absolute atomic E-state index is 0.323. The van der Waals surface area contributed by atoms with Crippen molar-refractivity contribution in [2.45, 2.75) is 0 Å². The van der Waals surface area contributed by atoms with Crippen LogP contribution in [0.25, 0.3) is 39.4 Å². The second-order valence-corrected chi connectivity index (χ2v) is 8.44. The van der Waals surface area contributed by atoms with E-state index < -0.39 is 0 Å². The predicted molar refractivity (Wildman–Crippen MR) is 138 cm³/mol. The monoisotopic (exact) mass is 488 g/mol. The maximum Gasteiger partial charge on any atom is 0.248 e. The van der Waals surface area contributed by atoms with Crippen LogP contribution in [0.3, 0.4) is 0 Å². The number of hydrogen-bond donors (Lipinski definition) is 1. The molecule has 0 spiro atoms. The topological polar surface area (TPSA) is 64.4 Å². The number of anilines is 1. The Balaban J connectivity index is 1.36. The molecule has 0 radical (unpaired) electrons. The number of ether oxygens (including phenoxy) is 1. The van der Waals surface area contributed by atoms with E-state index in [1.807, 2.05) is 30.3 Å². The summed E-state index contributed by atoms with van der Waals surface area (Å²) in [4.78, 5) is 17.1. The second kappa shape index (κ2) is 9.21. The van der Waals surface area contributed by atoms with Gasteiger partial charge in [0, 0.05) is 27.9 Å². The van der Waals surface area contributed by atoms with Crippen molar-refractivity contribution >= 4 is 62.7 Å². The molecule has 168 valence electrons. The summed E-state index contributed by atoms with van der Waals surface area (Å²) < 4.78 is 11.2. The zero-order valence-electron chi connectivity index (χ0n) is 18.0. The van der Waals surface area contributed by atoms with E-state index in [0.717, 1.165) is 16.3 Å². The number of fused-ring (bicyclic) bond motifs is 2. The number of nitrogens with zero attached hydrogens (tertiary/aromatic N) is 1. The fourth-order valence-electron chi connectivity index (χ4n) is 3.72. The maximum absolute atomic E-state index is 12.5. The Labute approximate surface area is 205 Å². The van der Waals surface area contributed by atoms with Crippen LogP contribution >= 0.6 is 23.2 Å². The summed E-state index contributed by atoms with van der Waals surface area (Å²) >= 11 is 12.2. The number of aromatic nitrogens is 1. The molecule has 5 aromatic rings. The van der Waals surface area contributed by atoms with E-state index in [2.05, 4.69) is 22.4 Å². The normalized spacial score (nSPS) is 11.4. The second-order valence-electron chi connectivity index (χ2n) is 7.60. The lowest BCUT2D eigenvalue weighted by Crippen LogP contribution is -2.07. The summed E-state index contributed by atoms with van der Waals surface area (Å²) in [6.45, 7) is 0. The molecule has 0 atom stereocenters. The van der Waals surface area contributed by atoms with E-state index in [-0.39, 0.29) is 5.91 Å². The minimum atomic E-state index is -0.323. The zero-order valence-corrected chi connectivity index (χ0v) is 19.5. The van der Waals surface area contributed by atoms with Crippen molar-refractivity contribution in [2.75, 3.05) is 12.4 Å². The summed E-state index contributed by atoms with van der Waals surface area (Å²) in [5.74, 6) is 0.644. The van der Waals surface area contributed by atoms with E-state index >= 15 is 0 Å². The van der Waals surface area contributed by atoms with Crippen molar-refractivity contribution in [1.82, 2.24) is 4.98 Å². The number of oxazole rings is 1. The molecular formula is C27H18Cl2N2O3. The average Bonchev–Trinajstić information content (AvgIpc) is 3.25. The van der Waals surface area contributed by atoms with Gasteiger partial charge >= 0.3 is 0 Å². The lowest BCUT2D eigenvalue weighted by Gasteiger charge is -2.08. The van der Waals surface area contributed by atoms with E-state index in [0.29, 0.717) is 44.0 Å². The number of halogens is 2. The number of methoxy groups -OCH3 is 1. The standard InChI is InChI=1S/C27H18Cl2N2O3/c1-33-26-18(13-20(28)14-22(26)29)8-11-25(32)30-21-9-10-24-23(15-21)31-27(34-24)19-7-6-16-4-2-3-5-17(16)12-19/h2-15H,1H3,(H,30,32). The van der Waals surface area contributed by atoms with Gasteiger partial charge in [0.15, 0.2) is 5.58 Å². The highest BCUT2D eigenvalue weighted by Crippen LogP contribution is 2.33. The summed E-state index contributed by atoms with van der Waals surface area (Å²) in [6.07, 6.45) is 2.98. The van der Waals surface area contributed by atoms with Crippen LogP contribution in [0.5, 0.6) is 5.75 Å². The fourth-order valence-corrected chi connectivity index (χ4v) is 4.31. The van der Waals surface area contributed by atoms with Gasteiger partial charge in [0.05, 0.1) is 12.1 Å². The molecule has 0 aliphatic carbocycles. The number of amides is 1. The van der Waals surface area contributed by atoms with E-state index in [1.165, 1.54) is 13.2 Å². The highest BCUT2D eigenvalue weighted by atomic mass is 35.5. The summed E-state index contributed by atoms with van der Waals surface area (Å²) in [6, 6.07) is 22.8. The molecule has 0 saturated carbocycles. The van der Waals surface area contributed by atoms with Crippen LogP contribution in [0, 0.1) is 0 Å². The van der Waals surface area contributed by atoms with E-state index in [4.69, 9.17) is 32.4 Å². The molecule has 0 aliphatic heterocycles. The Morgan fingerprint density at radius 3 is 2.65 bits per heavy atom. The first-order chi connectivity index (χ1) is 16.5. The highest BCUT2D eigenvalue weighted by Gasteiger charge is 2.11. The third-order valence-corrected chi connectivity index (χ3v) is 5.81. The van der Waals surface area contributed by atoms with Gasteiger partial charge in [-0.3, -0.25) is 4.79 Å². The number of hydrogen-bond acceptors (Lipinski definition) is 4. The van der Waals surface area contributed by atoms with Gasteiger partial charge in [-0.2, -0.15) is 0 Å². The number of carbonyl (C=O) groups is 1. The zero-order chi connectivity index (χ0) is 23.7. The van der Waals surface area contributed by atoms with E-state index in [1.54, 1.807) is 36.4 Å². The largest absolute Gasteiger partial charge is 0.495 e. The Morgan fingerprint density at radius 1 is 1.00 bits per heavy atom. The van der Waals surface area contributed by atoms with Crippen LogP contribution in [0.15, 0.2) is 83.3 Å². The number of rotatable bonds is 5. The first-order valence-corrected chi connectivity index (χ1v) is 11.2. The van der Waals surface area contributed by atoms with Crippen molar-refractivity contribution in [1.29, 1.82) is 0 Å². The molecule has 7 heteroatoms. The number of benzene rings is 4. The van der Waals surface area contributed by atoms with Crippen LogP contribution < -0.4 is 10.1 Å². The Bertz CT molecular complexity index is 1570. The van der Waals surface area contributed by atoms with Crippen LogP contribution in [-0.2, 0) is 4.79 Å². The quantitative estimate of drug-likeness (QED) is 0.258. The number of nitrogens with one attached hydrogen (secondary N) is 1. The lowest BCUT2D eigenvalue weighted by atomic mass is 10.1. The summed E-state index contributed by atoms with van der Waals surface area (Å²) in [5, 5.41) is 5.91. The highest BCUT2D eigenvalue weighted by molar-refractivity contribution is 6.36. The molecule has 0 saturated heterocycles. The van der Waals surface area contributed by atoms with Gasteiger partial charge < -0.3 is 14.5 Å². The molecule has 1 N–H and O–H groups in total. The maximum atomic E-state index is 12.5. The van der Waals surface area contributed by atoms with Gasteiger partial charge in [-0.15, -0.1) is 0 Å². The smallest absolute Gasteiger partial charge is 0.248 e. The molecule has 0 unspecified atom stereocenters. The summed E-state index contributed by atoms with van der Waals surface area (Å²) in [7, 11) is 1.51. The van der Waals surface area contributed by atoms with Gasteiger partial charge in [0.25, 0.3) is 0 Å². The predicted octanol–water partition coefficient (Wildman–Crippen LogP) is 7.62. The Kier molecular flexibility index (Phi) is 5.97. The molecule has 1 heterocycles. The van der Waals surface area contributed by atoms with Gasteiger partial charge in [-0.05, 0) is 59.3 Å². The Hall–Kier alpha value is -3.80. The van der Waals surface area contributed by atoms with Gasteiger partial charge in [-0.25, -0.2) is 4.98 Å². The molecule has 0 bridgehead atoms. The SMILES string of the molecule is COc1c(Cl)cc(Cl)cc1C=CC(=O)Nc1ccc2oc(-c3ccc4ccccc4c3)nc2c1. The third kappa shape index (κ3) is 4.49. The molecule has 34 heavy (non-hydrogen) atoms. The molecule has 0 aliphatic rings. The average molecular weight is 489 g/mol. The molecule has 0 fully saturated rings. The van der Waals surface area contributed by atoms with Crippen molar-refractivity contribution in [3.8, 4) is 17.2 Å². The first-order valence-electron chi connectivity index (χ1n) is 10.4. The van der Waals surface area contributed by atoms with Gasteiger partial charge in [-0.1, -0.05) is 53.5 Å². The van der Waals surface area contributed by atoms with Gasteiger partial charge in [0.2, 0.25) is 11.8 Å². The fraction of sp³-hybridized carbons (Fsp3) is 0.0370. The molecule has 5 rings (SSSR count). The third-order valence-electron chi connectivity index (χ3n) is 5.31. The lowest BCUT2D eigenvalue weighted by molar-refractivity contribution is -0.111. The molecule has 1 amide bonds. The Morgan fingerprint density at radius 2 is 1.82 bits per heavy atom.